The maximum Gasteiger partial charge on any atom is 0.223 e. The van der Waals surface area contributed by atoms with Crippen molar-refractivity contribution in [3.63, 3.8) is 0 Å². The third-order valence-electron chi connectivity index (χ3n) is 4.13. The second-order valence-electron chi connectivity index (χ2n) is 5.99. The summed E-state index contributed by atoms with van der Waals surface area (Å²) < 4.78 is 6.79. The number of aliphatic hydroxyl groups excluding tert-OH is 1. The molecule has 2 N–H and O–H groups in total. The van der Waals surface area contributed by atoms with Crippen molar-refractivity contribution in [3.8, 4) is 16.9 Å². The molecule has 0 bridgehead atoms. The van der Waals surface area contributed by atoms with Gasteiger partial charge >= 0.3 is 0 Å². The molecule has 0 amide bonds. The van der Waals surface area contributed by atoms with Crippen LogP contribution in [0.5, 0.6) is 0 Å². The molecule has 4 rings (SSSR count). The van der Waals surface area contributed by atoms with Crippen LogP contribution in [0.1, 0.15) is 0 Å². The van der Waals surface area contributed by atoms with Gasteiger partial charge in [-0.25, -0.2) is 14.6 Å². The summed E-state index contributed by atoms with van der Waals surface area (Å²) in [6, 6.07) is 4.96. The first-order valence-electron chi connectivity index (χ1n) is 8.07. The van der Waals surface area contributed by atoms with Crippen LogP contribution in [0, 0.1) is 0 Å². The van der Waals surface area contributed by atoms with Crippen molar-refractivity contribution in [2.75, 3.05) is 18.5 Å². The highest BCUT2D eigenvalue weighted by molar-refractivity contribution is 6.37. The fraction of sp³-hybridized carbons (Fsp3) is 0.235. The van der Waals surface area contributed by atoms with Gasteiger partial charge in [0.05, 0.1) is 58.5 Å². The van der Waals surface area contributed by atoms with E-state index in [9.17, 15) is 5.11 Å². The lowest BCUT2D eigenvalue weighted by Gasteiger charge is -2.14. The minimum atomic E-state index is -0.613. The molecular weight excluding hydrogens is 413 g/mol. The van der Waals surface area contributed by atoms with Gasteiger partial charge in [0.1, 0.15) is 5.69 Å². The van der Waals surface area contributed by atoms with Gasteiger partial charge in [-0.2, -0.15) is 5.10 Å². The highest BCUT2D eigenvalue weighted by atomic mass is 35.5. The molecule has 2 atom stereocenters. The van der Waals surface area contributed by atoms with Gasteiger partial charge in [0.2, 0.25) is 5.95 Å². The molecular formula is C17H14Cl3N5O2. The second-order valence-corrected chi connectivity index (χ2v) is 7.21. The van der Waals surface area contributed by atoms with Crippen molar-refractivity contribution >= 4 is 40.8 Å². The van der Waals surface area contributed by atoms with Crippen LogP contribution in [0.2, 0.25) is 15.1 Å². The number of anilines is 1. The molecule has 0 unspecified atom stereocenters. The third kappa shape index (κ3) is 3.74. The molecule has 0 aliphatic carbocycles. The van der Waals surface area contributed by atoms with Gasteiger partial charge in [0, 0.05) is 11.8 Å². The molecule has 0 saturated carbocycles. The Morgan fingerprint density at radius 3 is 2.59 bits per heavy atom. The van der Waals surface area contributed by atoms with Crippen LogP contribution >= 0.6 is 34.8 Å². The van der Waals surface area contributed by atoms with Crippen molar-refractivity contribution in [1.29, 1.82) is 0 Å². The highest BCUT2D eigenvalue weighted by Crippen LogP contribution is 2.31. The molecule has 2 aromatic heterocycles. The number of benzene rings is 1. The van der Waals surface area contributed by atoms with Crippen LogP contribution < -0.4 is 5.32 Å². The van der Waals surface area contributed by atoms with E-state index >= 15 is 0 Å². The number of nitrogens with zero attached hydrogens (tertiary/aromatic N) is 4. The lowest BCUT2D eigenvalue weighted by atomic mass is 10.2. The summed E-state index contributed by atoms with van der Waals surface area (Å²) in [5, 5.41) is 18.6. The molecule has 0 radical (unpaired) electrons. The molecule has 3 aromatic rings. The molecule has 27 heavy (non-hydrogen) atoms. The first-order chi connectivity index (χ1) is 13.0. The summed E-state index contributed by atoms with van der Waals surface area (Å²) in [6.07, 6.45) is 4.23. The van der Waals surface area contributed by atoms with Crippen LogP contribution in [0.25, 0.3) is 16.9 Å². The molecule has 7 nitrogen and oxygen atoms in total. The van der Waals surface area contributed by atoms with E-state index in [-0.39, 0.29) is 12.6 Å². The summed E-state index contributed by atoms with van der Waals surface area (Å²) in [6.45, 7) is 0.662. The summed E-state index contributed by atoms with van der Waals surface area (Å²) in [5.74, 6) is 0.340. The molecule has 1 aromatic carbocycles. The Morgan fingerprint density at radius 1 is 1.11 bits per heavy atom. The van der Waals surface area contributed by atoms with Crippen LogP contribution in [-0.4, -0.2) is 50.2 Å². The van der Waals surface area contributed by atoms with Gasteiger partial charge in [0.15, 0.2) is 0 Å². The number of nitrogens with one attached hydrogen (secondary N) is 1. The average molecular weight is 427 g/mol. The van der Waals surface area contributed by atoms with Gasteiger partial charge < -0.3 is 15.2 Å². The van der Waals surface area contributed by atoms with E-state index < -0.39 is 6.10 Å². The van der Waals surface area contributed by atoms with E-state index in [1.807, 2.05) is 0 Å². The Bertz CT molecular complexity index is 961. The fourth-order valence-corrected chi connectivity index (χ4v) is 3.53. The number of hydrogen-bond donors (Lipinski definition) is 2. The first-order valence-corrected chi connectivity index (χ1v) is 9.20. The molecule has 10 heteroatoms. The second kappa shape index (κ2) is 7.61. The number of ether oxygens (including phenoxy) is 1. The quantitative estimate of drug-likeness (QED) is 0.664. The fourth-order valence-electron chi connectivity index (χ4n) is 2.76. The van der Waals surface area contributed by atoms with E-state index in [1.165, 1.54) is 6.20 Å². The Balaban J connectivity index is 1.66. The van der Waals surface area contributed by atoms with Crippen molar-refractivity contribution in [3.05, 3.63) is 51.9 Å². The van der Waals surface area contributed by atoms with E-state index in [2.05, 4.69) is 20.4 Å². The highest BCUT2D eigenvalue weighted by Gasteiger charge is 2.27. The van der Waals surface area contributed by atoms with Crippen LogP contribution in [0.4, 0.5) is 5.95 Å². The van der Waals surface area contributed by atoms with Crippen molar-refractivity contribution in [2.45, 2.75) is 12.1 Å². The predicted octanol–water partition coefficient (Wildman–Crippen LogP) is 3.46. The zero-order chi connectivity index (χ0) is 19.0. The summed E-state index contributed by atoms with van der Waals surface area (Å²) in [5.41, 5.74) is 1.74. The first kappa shape index (κ1) is 18.5. The largest absolute Gasteiger partial charge is 0.388 e. The molecule has 1 aliphatic rings. The van der Waals surface area contributed by atoms with E-state index in [1.54, 1.807) is 35.3 Å². The lowest BCUT2D eigenvalue weighted by Crippen LogP contribution is -2.32. The van der Waals surface area contributed by atoms with Crippen LogP contribution in [-0.2, 0) is 4.74 Å². The minimum Gasteiger partial charge on any atom is -0.388 e. The molecule has 1 aliphatic heterocycles. The van der Waals surface area contributed by atoms with Crippen molar-refractivity contribution in [2.24, 2.45) is 0 Å². The summed E-state index contributed by atoms with van der Waals surface area (Å²) in [4.78, 5) is 8.62. The molecule has 1 saturated heterocycles. The third-order valence-corrected chi connectivity index (χ3v) is 5.02. The van der Waals surface area contributed by atoms with E-state index in [4.69, 9.17) is 39.5 Å². The van der Waals surface area contributed by atoms with Crippen molar-refractivity contribution in [1.82, 2.24) is 19.7 Å². The maximum atomic E-state index is 9.87. The molecule has 3 heterocycles. The Hall–Kier alpha value is -1.90. The zero-order valence-electron chi connectivity index (χ0n) is 13.8. The topological polar surface area (TPSA) is 85.1 Å². The van der Waals surface area contributed by atoms with Crippen LogP contribution in [0.15, 0.2) is 36.8 Å². The molecule has 140 valence electrons. The monoisotopic (exact) mass is 425 g/mol. The summed E-state index contributed by atoms with van der Waals surface area (Å²) >= 11 is 18.8. The van der Waals surface area contributed by atoms with E-state index in [0.29, 0.717) is 44.6 Å². The Kier molecular flexibility index (Phi) is 5.21. The average Bonchev–Trinajstić information content (AvgIpc) is 3.26. The van der Waals surface area contributed by atoms with Gasteiger partial charge in [-0.05, 0) is 12.1 Å². The SMILES string of the molecule is O[C@@H]1COC[C@@H]1Nc1ncc(Cl)c(-c2cnn(-c3c(Cl)cccc3Cl)c2)n1. The van der Waals surface area contributed by atoms with Gasteiger partial charge in [-0.1, -0.05) is 40.9 Å². The smallest absolute Gasteiger partial charge is 0.223 e. The van der Waals surface area contributed by atoms with Gasteiger partial charge in [-0.15, -0.1) is 0 Å². The minimum absolute atomic E-state index is 0.274. The van der Waals surface area contributed by atoms with Crippen LogP contribution in [0.3, 0.4) is 0 Å². The summed E-state index contributed by atoms with van der Waals surface area (Å²) in [7, 11) is 0. The standard InChI is InChI=1S/C17H14Cl3N5O2/c18-10-2-1-3-11(19)16(10)25-6-9(4-22-25)15-12(20)5-21-17(24-15)23-13-7-27-8-14(13)26/h1-6,13-14,26H,7-8H2,(H,21,23,24)/t13-,14+/m0/s1. The normalized spacial score (nSPS) is 19.4. The Labute approximate surface area is 169 Å². The molecule has 0 spiro atoms. The van der Waals surface area contributed by atoms with E-state index in [0.717, 1.165) is 0 Å². The molecule has 1 fully saturated rings. The number of aliphatic hydroxyl groups is 1. The maximum absolute atomic E-state index is 9.87. The number of rotatable bonds is 4. The number of hydrogen-bond acceptors (Lipinski definition) is 6. The number of halogens is 3. The number of para-hydroxylation sites is 1. The van der Waals surface area contributed by atoms with Crippen molar-refractivity contribution < 1.29 is 9.84 Å². The zero-order valence-corrected chi connectivity index (χ0v) is 16.1. The van der Waals surface area contributed by atoms with Gasteiger partial charge in [0.25, 0.3) is 0 Å². The number of aromatic nitrogens is 4. The Morgan fingerprint density at radius 2 is 1.89 bits per heavy atom. The lowest BCUT2D eigenvalue weighted by molar-refractivity contribution is 0.125. The predicted molar refractivity (Wildman–Crippen MR) is 104 cm³/mol. The van der Waals surface area contributed by atoms with Gasteiger partial charge in [-0.3, -0.25) is 0 Å².